The minimum atomic E-state index is -0.387. The molecule has 2 heterocycles. The van der Waals surface area contributed by atoms with Gasteiger partial charge in [0.05, 0.1) is 0 Å². The van der Waals surface area contributed by atoms with Crippen molar-refractivity contribution in [3.05, 3.63) is 30.0 Å². The van der Waals surface area contributed by atoms with E-state index in [0.29, 0.717) is 19.6 Å². The van der Waals surface area contributed by atoms with E-state index in [9.17, 15) is 9.90 Å². The predicted molar refractivity (Wildman–Crippen MR) is 89.7 cm³/mol. The number of urea groups is 1. The van der Waals surface area contributed by atoms with Crippen molar-refractivity contribution in [2.75, 3.05) is 25.1 Å². The highest BCUT2D eigenvalue weighted by Crippen LogP contribution is 2.26. The van der Waals surface area contributed by atoms with Crippen molar-refractivity contribution in [1.29, 1.82) is 0 Å². The summed E-state index contributed by atoms with van der Waals surface area (Å²) in [5.41, 5.74) is 2.39. The smallest absolute Gasteiger partial charge is 0.319 e. The third kappa shape index (κ3) is 3.48. The molecule has 1 fully saturated rings. The molecule has 3 rings (SSSR count). The van der Waals surface area contributed by atoms with E-state index < -0.39 is 0 Å². The lowest BCUT2D eigenvalue weighted by Crippen LogP contribution is -2.53. The first-order valence-electron chi connectivity index (χ1n) is 7.97. The number of carbonyl (C=O) groups excluding carboxylic acids is 1. The third-order valence-electron chi connectivity index (χ3n) is 4.57. The van der Waals surface area contributed by atoms with Crippen molar-refractivity contribution >= 4 is 22.6 Å². The van der Waals surface area contributed by atoms with E-state index in [-0.39, 0.29) is 18.2 Å². The van der Waals surface area contributed by atoms with Crippen molar-refractivity contribution in [3.8, 4) is 0 Å². The lowest BCUT2D eigenvalue weighted by molar-refractivity contribution is 0.0330. The molecule has 1 aromatic heterocycles. The van der Waals surface area contributed by atoms with Gasteiger partial charge in [0, 0.05) is 42.8 Å². The molecule has 1 aliphatic rings. The molecule has 6 nitrogen and oxygen atoms in total. The van der Waals surface area contributed by atoms with Crippen molar-refractivity contribution in [1.82, 2.24) is 10.3 Å². The van der Waals surface area contributed by atoms with Crippen LogP contribution < -0.4 is 10.6 Å². The molecule has 2 amide bonds. The van der Waals surface area contributed by atoms with Gasteiger partial charge in [0.15, 0.2) is 0 Å². The van der Waals surface area contributed by atoms with E-state index in [4.69, 9.17) is 4.74 Å². The highest BCUT2D eigenvalue weighted by molar-refractivity contribution is 5.94. The minimum Gasteiger partial charge on any atom is -0.396 e. The number of aliphatic hydroxyl groups is 1. The first kappa shape index (κ1) is 15.8. The average molecular weight is 317 g/mol. The zero-order chi connectivity index (χ0) is 16.3. The fourth-order valence-electron chi connectivity index (χ4n) is 3.16. The number of aliphatic hydroxyl groups excluding tert-OH is 1. The number of anilines is 1. The van der Waals surface area contributed by atoms with E-state index in [1.54, 1.807) is 0 Å². The number of fused-ring (bicyclic) bond motifs is 1. The van der Waals surface area contributed by atoms with Crippen LogP contribution in [0.4, 0.5) is 10.5 Å². The molecule has 2 aromatic rings. The van der Waals surface area contributed by atoms with Gasteiger partial charge in [0.1, 0.15) is 0 Å². The number of H-pyrrole nitrogens is 1. The van der Waals surface area contributed by atoms with Gasteiger partial charge in [-0.3, -0.25) is 0 Å². The first-order chi connectivity index (χ1) is 11.1. The van der Waals surface area contributed by atoms with Crippen LogP contribution in [0.1, 0.15) is 24.8 Å². The zero-order valence-electron chi connectivity index (χ0n) is 13.3. The molecule has 4 N–H and O–H groups in total. The van der Waals surface area contributed by atoms with E-state index in [1.165, 1.54) is 0 Å². The van der Waals surface area contributed by atoms with Gasteiger partial charge in [-0.1, -0.05) is 0 Å². The second kappa shape index (κ2) is 6.60. The molecule has 0 saturated carbocycles. The van der Waals surface area contributed by atoms with Gasteiger partial charge in [-0.05, 0) is 55.3 Å². The van der Waals surface area contributed by atoms with Crippen LogP contribution in [0.3, 0.4) is 0 Å². The minimum absolute atomic E-state index is 0.0493. The lowest BCUT2D eigenvalue weighted by Gasteiger charge is -2.37. The van der Waals surface area contributed by atoms with Crippen molar-refractivity contribution < 1.29 is 14.6 Å². The van der Waals surface area contributed by atoms with Gasteiger partial charge in [-0.15, -0.1) is 0 Å². The normalized spacial score (nSPS) is 17.1. The monoisotopic (exact) mass is 317 g/mol. The van der Waals surface area contributed by atoms with Crippen LogP contribution in [0, 0.1) is 6.92 Å². The second-order valence-electron chi connectivity index (χ2n) is 6.18. The van der Waals surface area contributed by atoms with Gasteiger partial charge in [0.25, 0.3) is 0 Å². The van der Waals surface area contributed by atoms with Crippen LogP contribution in [0.15, 0.2) is 24.4 Å². The van der Waals surface area contributed by atoms with Gasteiger partial charge < -0.3 is 25.5 Å². The first-order valence-corrected chi connectivity index (χ1v) is 7.97. The number of ether oxygens (including phenoxy) is 1. The molecule has 124 valence electrons. The highest BCUT2D eigenvalue weighted by atomic mass is 16.5. The number of hydrogen-bond acceptors (Lipinski definition) is 3. The summed E-state index contributed by atoms with van der Waals surface area (Å²) in [4.78, 5) is 15.6. The number of aromatic nitrogens is 1. The average Bonchev–Trinajstić information content (AvgIpc) is 2.95. The Hall–Kier alpha value is -2.05. The number of amides is 2. The van der Waals surface area contributed by atoms with Crippen LogP contribution in [0.5, 0.6) is 0 Å². The molecule has 0 spiro atoms. The Morgan fingerprint density at radius 1 is 1.39 bits per heavy atom. The van der Waals surface area contributed by atoms with Crippen LogP contribution in [0.25, 0.3) is 10.9 Å². The summed E-state index contributed by atoms with van der Waals surface area (Å²) in [7, 11) is 0. The van der Waals surface area contributed by atoms with Crippen molar-refractivity contribution in [2.45, 2.75) is 31.7 Å². The molecule has 1 aromatic carbocycles. The predicted octanol–water partition coefficient (Wildman–Crippen LogP) is 2.53. The van der Waals surface area contributed by atoms with Gasteiger partial charge in [-0.2, -0.15) is 0 Å². The van der Waals surface area contributed by atoms with Gasteiger partial charge in [0.2, 0.25) is 0 Å². The maximum atomic E-state index is 12.4. The summed E-state index contributed by atoms with van der Waals surface area (Å²) >= 11 is 0. The maximum Gasteiger partial charge on any atom is 0.319 e. The van der Waals surface area contributed by atoms with Crippen LogP contribution in [-0.4, -0.2) is 41.5 Å². The Balaban J connectivity index is 1.73. The Labute approximate surface area is 135 Å². The molecule has 23 heavy (non-hydrogen) atoms. The molecule has 1 saturated heterocycles. The summed E-state index contributed by atoms with van der Waals surface area (Å²) in [5, 5.41) is 16.4. The Kier molecular flexibility index (Phi) is 4.54. The topological polar surface area (TPSA) is 86.4 Å². The summed E-state index contributed by atoms with van der Waals surface area (Å²) in [5.74, 6) is 0. The number of carbonyl (C=O) groups is 1. The van der Waals surface area contributed by atoms with E-state index >= 15 is 0 Å². The lowest BCUT2D eigenvalue weighted by atomic mass is 9.87. The summed E-state index contributed by atoms with van der Waals surface area (Å²) < 4.78 is 5.37. The highest BCUT2D eigenvalue weighted by Gasteiger charge is 2.33. The van der Waals surface area contributed by atoms with Crippen molar-refractivity contribution in [2.24, 2.45) is 0 Å². The van der Waals surface area contributed by atoms with Crippen LogP contribution in [0.2, 0.25) is 0 Å². The molecule has 0 unspecified atom stereocenters. The maximum absolute atomic E-state index is 12.4. The molecule has 0 bridgehead atoms. The number of benzene rings is 1. The number of nitrogens with one attached hydrogen (secondary N) is 3. The number of aryl methyl sites for hydroxylation is 1. The molecule has 6 heteroatoms. The fourth-order valence-corrected chi connectivity index (χ4v) is 3.16. The second-order valence-corrected chi connectivity index (χ2v) is 6.18. The third-order valence-corrected chi connectivity index (χ3v) is 4.57. The van der Waals surface area contributed by atoms with E-state index in [2.05, 4.69) is 15.6 Å². The fraction of sp³-hybridized carbons (Fsp3) is 0.471. The largest absolute Gasteiger partial charge is 0.396 e. The SMILES string of the molecule is Cc1cc2cc[nH]c2cc1NC(=O)NC1(CCO)CCOCC1. The number of rotatable bonds is 4. The molecular formula is C17H23N3O3. The standard InChI is InChI=1S/C17H23N3O3/c1-12-10-13-2-6-18-15(13)11-14(12)19-16(22)20-17(3-7-21)4-8-23-9-5-17/h2,6,10-11,18,21H,3-5,7-9H2,1H3,(H2,19,20,22). The van der Waals surface area contributed by atoms with Gasteiger partial charge >= 0.3 is 6.03 Å². The molecule has 0 aliphatic carbocycles. The molecule has 0 radical (unpaired) electrons. The number of hydrogen-bond donors (Lipinski definition) is 4. The molecule has 1 aliphatic heterocycles. The van der Waals surface area contributed by atoms with Crippen LogP contribution in [-0.2, 0) is 4.74 Å². The Morgan fingerprint density at radius 2 is 2.17 bits per heavy atom. The molecule has 0 atom stereocenters. The zero-order valence-corrected chi connectivity index (χ0v) is 13.3. The quantitative estimate of drug-likeness (QED) is 0.699. The summed E-state index contributed by atoms with van der Waals surface area (Å²) in [6.45, 7) is 3.23. The van der Waals surface area contributed by atoms with Gasteiger partial charge in [-0.25, -0.2) is 4.79 Å². The van der Waals surface area contributed by atoms with E-state index in [1.807, 2.05) is 31.3 Å². The van der Waals surface area contributed by atoms with E-state index in [0.717, 1.165) is 35.0 Å². The Bertz CT molecular complexity index is 684. The summed E-state index contributed by atoms with van der Waals surface area (Å²) in [6, 6.07) is 5.74. The summed E-state index contributed by atoms with van der Waals surface area (Å²) in [6.07, 6.45) is 3.86. The van der Waals surface area contributed by atoms with Crippen LogP contribution >= 0.6 is 0 Å². The van der Waals surface area contributed by atoms with Crippen molar-refractivity contribution in [3.63, 3.8) is 0 Å². The Morgan fingerprint density at radius 3 is 2.91 bits per heavy atom. The number of aromatic amines is 1. The molecular weight excluding hydrogens is 294 g/mol.